The Balaban J connectivity index is 1.23. The van der Waals surface area contributed by atoms with Crippen molar-refractivity contribution in [2.24, 2.45) is 0 Å². The molecule has 0 heterocycles. The quantitative estimate of drug-likeness (QED) is 0.156. The average Bonchev–Trinajstić information content (AvgIpc) is 3.78. The number of benzene rings is 11. The van der Waals surface area contributed by atoms with Gasteiger partial charge in [-0.2, -0.15) is 0 Å². The van der Waals surface area contributed by atoms with Crippen molar-refractivity contribution < 1.29 is 0 Å². The summed E-state index contributed by atoms with van der Waals surface area (Å²) in [6, 6.07) is 69.6. The molecule has 13 aromatic rings. The number of hydrogen-bond acceptors (Lipinski definition) is 0. The minimum atomic E-state index is 1.25. The Morgan fingerprint density at radius 1 is 0.194 bits per heavy atom. The third kappa shape index (κ3) is 5.07. The first-order valence-electron chi connectivity index (χ1n) is 21.9. The average molecular weight is 787 g/mol. The summed E-state index contributed by atoms with van der Waals surface area (Å²) in [6.45, 7) is 8.77. The molecule has 0 atom stereocenters. The smallest absolute Gasteiger partial charge is 0.00137 e. The largest absolute Gasteiger partial charge is 0.0614 e. The molecule has 0 fully saturated rings. The van der Waals surface area contributed by atoms with Crippen LogP contribution >= 0.6 is 0 Å². The summed E-state index contributed by atoms with van der Waals surface area (Å²) in [6.07, 6.45) is 0. The molecule has 0 aliphatic rings. The van der Waals surface area contributed by atoms with E-state index in [0.29, 0.717) is 0 Å². The zero-order valence-corrected chi connectivity index (χ0v) is 35.3. The van der Waals surface area contributed by atoms with Gasteiger partial charge >= 0.3 is 0 Å². The Labute approximate surface area is 361 Å². The van der Waals surface area contributed by atoms with Gasteiger partial charge in [0, 0.05) is 0 Å². The highest BCUT2D eigenvalue weighted by Gasteiger charge is 2.23. The van der Waals surface area contributed by atoms with Gasteiger partial charge in [-0.1, -0.05) is 180 Å². The maximum absolute atomic E-state index is 2.54. The minimum absolute atomic E-state index is 1.25. The number of aryl methyl sites for hydroxylation is 4. The fourth-order valence-corrected chi connectivity index (χ4v) is 11.1. The highest BCUT2D eigenvalue weighted by molar-refractivity contribution is 6.42. The van der Waals surface area contributed by atoms with E-state index in [2.05, 4.69) is 210 Å². The van der Waals surface area contributed by atoms with Crippen molar-refractivity contribution >= 4 is 86.2 Å². The fourth-order valence-electron chi connectivity index (χ4n) is 11.1. The first kappa shape index (κ1) is 35.2. The van der Waals surface area contributed by atoms with Crippen LogP contribution < -0.4 is 0 Å². The molecule has 0 N–H and O–H groups in total. The van der Waals surface area contributed by atoms with Gasteiger partial charge in [0.2, 0.25) is 0 Å². The van der Waals surface area contributed by atoms with Crippen molar-refractivity contribution in [2.75, 3.05) is 0 Å². The van der Waals surface area contributed by atoms with Gasteiger partial charge in [0.25, 0.3) is 0 Å². The molecule has 0 aliphatic carbocycles. The van der Waals surface area contributed by atoms with Crippen LogP contribution in [0.3, 0.4) is 0 Å². The van der Waals surface area contributed by atoms with Gasteiger partial charge in [0.15, 0.2) is 0 Å². The predicted molar refractivity (Wildman–Crippen MR) is 270 cm³/mol. The van der Waals surface area contributed by atoms with Crippen molar-refractivity contribution in [1.82, 2.24) is 0 Å². The van der Waals surface area contributed by atoms with Crippen LogP contribution in [0.1, 0.15) is 22.3 Å². The molecule has 0 amide bonds. The number of rotatable bonds is 4. The first-order valence-corrected chi connectivity index (χ1v) is 21.9. The zero-order chi connectivity index (χ0) is 41.4. The summed E-state index contributed by atoms with van der Waals surface area (Å²) in [5, 5.41) is 21.1. The second kappa shape index (κ2) is 13.0. The zero-order valence-electron chi connectivity index (χ0n) is 35.3. The second-order valence-electron chi connectivity index (χ2n) is 17.9. The van der Waals surface area contributed by atoms with E-state index in [0.717, 1.165) is 0 Å². The van der Waals surface area contributed by atoms with Crippen LogP contribution in [0.25, 0.3) is 131 Å². The molecule has 0 radical (unpaired) electrons. The van der Waals surface area contributed by atoms with Gasteiger partial charge in [0.05, 0.1) is 0 Å². The van der Waals surface area contributed by atoms with Crippen LogP contribution in [0.5, 0.6) is 0 Å². The maximum Gasteiger partial charge on any atom is -0.00137 e. The summed E-state index contributed by atoms with van der Waals surface area (Å²) >= 11 is 0. The topological polar surface area (TPSA) is 0 Å². The summed E-state index contributed by atoms with van der Waals surface area (Å²) in [4.78, 5) is 0. The van der Waals surface area contributed by atoms with E-state index in [-0.39, 0.29) is 0 Å². The normalized spacial score (nSPS) is 12.2. The van der Waals surface area contributed by atoms with E-state index in [1.807, 2.05) is 0 Å². The molecular weight excluding hydrogens is 745 g/mol. The lowest BCUT2D eigenvalue weighted by Crippen LogP contribution is -1.89. The first-order chi connectivity index (χ1) is 30.4. The van der Waals surface area contributed by atoms with Gasteiger partial charge in [-0.3, -0.25) is 0 Å². The molecule has 13 rings (SSSR count). The molecule has 0 saturated heterocycles. The summed E-state index contributed by atoms with van der Waals surface area (Å²) in [5.74, 6) is 0. The fraction of sp³-hybridized carbons (Fsp3) is 0.0645. The summed E-state index contributed by atoms with van der Waals surface area (Å²) in [5.41, 5.74) is 15.2. The molecule has 62 heavy (non-hydrogen) atoms. The van der Waals surface area contributed by atoms with E-state index >= 15 is 0 Å². The predicted octanol–water partition coefficient (Wildman–Crippen LogP) is 17.7. The molecule has 0 saturated carbocycles. The van der Waals surface area contributed by atoms with E-state index in [4.69, 9.17) is 0 Å². The van der Waals surface area contributed by atoms with Crippen molar-refractivity contribution in [1.29, 1.82) is 0 Å². The molecular formula is C62H42. The van der Waals surface area contributed by atoms with Crippen molar-refractivity contribution in [3.8, 4) is 44.5 Å². The van der Waals surface area contributed by atoms with Gasteiger partial charge < -0.3 is 0 Å². The van der Waals surface area contributed by atoms with E-state index < -0.39 is 0 Å². The molecule has 0 bridgehead atoms. The molecule has 290 valence electrons. The van der Waals surface area contributed by atoms with Crippen LogP contribution in [0.4, 0.5) is 0 Å². The van der Waals surface area contributed by atoms with Crippen LogP contribution in [-0.4, -0.2) is 0 Å². The van der Waals surface area contributed by atoms with Crippen molar-refractivity contribution in [3.05, 3.63) is 204 Å². The van der Waals surface area contributed by atoms with Gasteiger partial charge in [0.1, 0.15) is 0 Å². The minimum Gasteiger partial charge on any atom is -0.0614 e. The van der Waals surface area contributed by atoms with Crippen LogP contribution in [0.15, 0.2) is 182 Å². The van der Waals surface area contributed by atoms with Gasteiger partial charge in [-0.05, 0) is 183 Å². The van der Waals surface area contributed by atoms with Crippen molar-refractivity contribution in [3.63, 3.8) is 0 Å². The van der Waals surface area contributed by atoms with Crippen LogP contribution in [-0.2, 0) is 0 Å². The van der Waals surface area contributed by atoms with E-state index in [9.17, 15) is 0 Å². The monoisotopic (exact) mass is 786 g/mol. The highest BCUT2D eigenvalue weighted by Crippen LogP contribution is 2.51. The Kier molecular flexibility index (Phi) is 7.38. The SMILES string of the molecule is Cc1cccc(-c2ccc3c(c2)c2cc4c5cc6c7cc(-c8cccc(C)c8)ccc7c7ccc(-c8cccc(C)c8)c(c5ccc4c4c(-c5cccc(C)c5)ccc3c24)c76)c1. The molecule has 0 nitrogen and oxygen atoms in total. The summed E-state index contributed by atoms with van der Waals surface area (Å²) in [7, 11) is 0. The van der Waals surface area contributed by atoms with E-state index in [1.165, 1.54) is 153 Å². The molecule has 13 aromatic carbocycles. The molecule has 0 aromatic heterocycles. The third-order valence-electron chi connectivity index (χ3n) is 13.9. The number of fused-ring (bicyclic) bond motifs is 11. The molecule has 0 unspecified atom stereocenters. The Morgan fingerprint density at radius 2 is 0.500 bits per heavy atom. The number of hydrogen-bond donors (Lipinski definition) is 0. The summed E-state index contributed by atoms with van der Waals surface area (Å²) < 4.78 is 0. The molecule has 0 aliphatic heterocycles. The molecule has 0 spiro atoms. The van der Waals surface area contributed by atoms with Crippen LogP contribution in [0, 0.1) is 27.7 Å². The van der Waals surface area contributed by atoms with E-state index in [1.54, 1.807) is 0 Å². The molecule has 0 heteroatoms. The Morgan fingerprint density at radius 3 is 0.903 bits per heavy atom. The lowest BCUT2D eigenvalue weighted by atomic mass is 9.86. The van der Waals surface area contributed by atoms with Crippen LogP contribution in [0.2, 0.25) is 0 Å². The highest BCUT2D eigenvalue weighted by atomic mass is 14.3. The lowest BCUT2D eigenvalue weighted by Gasteiger charge is -2.16. The Hall–Kier alpha value is -7.54. The lowest BCUT2D eigenvalue weighted by molar-refractivity contribution is 1.47. The van der Waals surface area contributed by atoms with Crippen molar-refractivity contribution in [2.45, 2.75) is 27.7 Å². The second-order valence-corrected chi connectivity index (χ2v) is 17.9. The third-order valence-corrected chi connectivity index (χ3v) is 13.9. The standard InChI is InChI=1S/C62H42/c1-35-9-5-13-39(27-35)41-17-19-47-49-23-21-45(43-15-7-11-37(3)29-43)59-51-25-26-52-56(55(51)33-57(61(49)59)53(47)31-41)34-58-54-32-42(40-14-6-10-36(2)28-40)18-20-48(54)50-24-22-46(60(52)62(50)58)44-16-8-12-38(4)30-44/h5-34H,1-4H3. The van der Waals surface area contributed by atoms with Gasteiger partial charge in [-0.15, -0.1) is 0 Å². The maximum atomic E-state index is 2.54. The Bertz CT molecular complexity index is 3750. The van der Waals surface area contributed by atoms with Gasteiger partial charge in [-0.25, -0.2) is 0 Å².